The van der Waals surface area contributed by atoms with Crippen LogP contribution in [0.25, 0.3) is 10.9 Å². The Balaban J connectivity index is 2.54. The highest BCUT2D eigenvalue weighted by atomic mass is 16.4. The minimum absolute atomic E-state index is 0.242. The van der Waals surface area contributed by atoms with Crippen molar-refractivity contribution in [1.82, 2.24) is 4.98 Å². The maximum Gasteiger partial charge on any atom is 0.358 e. The van der Waals surface area contributed by atoms with Crippen LogP contribution in [0.3, 0.4) is 0 Å². The van der Waals surface area contributed by atoms with E-state index in [4.69, 9.17) is 10.9 Å². The lowest BCUT2D eigenvalue weighted by Crippen LogP contribution is -2.22. The van der Waals surface area contributed by atoms with Crippen molar-refractivity contribution in [3.8, 4) is 0 Å². The summed E-state index contributed by atoms with van der Waals surface area (Å²) >= 11 is 0. The second-order valence-electron chi connectivity index (χ2n) is 3.83. The molecule has 0 aliphatic carbocycles. The van der Waals surface area contributed by atoms with E-state index in [9.17, 15) is 4.79 Å². The fourth-order valence-corrected chi connectivity index (χ4v) is 1.72. The summed E-state index contributed by atoms with van der Waals surface area (Å²) in [4.78, 5) is 19.4. The van der Waals surface area contributed by atoms with E-state index >= 15 is 0 Å². The number of hydrogen-bond donors (Lipinski definition) is 2. The van der Waals surface area contributed by atoms with E-state index in [-0.39, 0.29) is 11.4 Å². The van der Waals surface area contributed by atoms with Crippen LogP contribution >= 0.6 is 0 Å². The summed E-state index contributed by atoms with van der Waals surface area (Å²) in [5, 5.41) is 13.0. The molecule has 0 amide bonds. The van der Waals surface area contributed by atoms with Crippen molar-refractivity contribution < 1.29 is 9.90 Å². The third-order valence-electron chi connectivity index (χ3n) is 2.59. The van der Waals surface area contributed by atoms with Crippen LogP contribution in [0, 0.1) is 0 Å². The molecule has 6 heteroatoms. The number of nitrogens with zero attached hydrogens (tertiary/aromatic N) is 3. The first-order valence-corrected chi connectivity index (χ1v) is 5.54. The van der Waals surface area contributed by atoms with Gasteiger partial charge in [-0.1, -0.05) is 6.07 Å². The van der Waals surface area contributed by atoms with Gasteiger partial charge in [-0.2, -0.15) is 5.10 Å². The number of aliphatic imine (C=N–C) groups is 1. The van der Waals surface area contributed by atoms with Gasteiger partial charge in [-0.3, -0.25) is 9.98 Å². The number of rotatable bonds is 3. The molecule has 0 bridgehead atoms. The van der Waals surface area contributed by atoms with Gasteiger partial charge >= 0.3 is 5.97 Å². The number of benzene rings is 1. The molecular formula is C13H12N4O2. The molecule has 3 N–H and O–H groups in total. The lowest BCUT2D eigenvalue weighted by atomic mass is 10.1. The van der Waals surface area contributed by atoms with Crippen molar-refractivity contribution >= 4 is 34.0 Å². The SMILES string of the molecule is CC(=Nc1cccc2ncccc12)C(=NN)C(=O)O. The summed E-state index contributed by atoms with van der Waals surface area (Å²) < 4.78 is 0. The molecule has 0 spiro atoms. The first kappa shape index (κ1) is 12.7. The van der Waals surface area contributed by atoms with Gasteiger partial charge in [0.15, 0.2) is 5.71 Å². The van der Waals surface area contributed by atoms with Gasteiger partial charge in [-0.05, 0) is 31.2 Å². The summed E-state index contributed by atoms with van der Waals surface area (Å²) in [5.41, 5.74) is 1.40. The Labute approximate surface area is 109 Å². The fourth-order valence-electron chi connectivity index (χ4n) is 1.72. The van der Waals surface area contributed by atoms with Crippen molar-refractivity contribution in [1.29, 1.82) is 0 Å². The molecule has 0 radical (unpaired) electrons. The number of carboxylic acid groups (broad SMARTS) is 1. The first-order chi connectivity index (χ1) is 9.13. The Morgan fingerprint density at radius 3 is 2.79 bits per heavy atom. The minimum Gasteiger partial charge on any atom is -0.476 e. The molecule has 1 heterocycles. The van der Waals surface area contributed by atoms with E-state index in [1.54, 1.807) is 25.3 Å². The van der Waals surface area contributed by atoms with Crippen molar-refractivity contribution in [2.24, 2.45) is 15.9 Å². The monoisotopic (exact) mass is 256 g/mol. The zero-order chi connectivity index (χ0) is 13.8. The standard InChI is InChI=1S/C13H12N4O2/c1-8(12(17-14)13(18)19)16-11-6-2-5-10-9(11)4-3-7-15-10/h2-7H,14H2,1H3,(H,18,19). The van der Waals surface area contributed by atoms with Crippen LogP contribution in [0.1, 0.15) is 6.92 Å². The summed E-state index contributed by atoms with van der Waals surface area (Å²) in [6.45, 7) is 1.55. The molecule has 0 aliphatic rings. The summed E-state index contributed by atoms with van der Waals surface area (Å²) in [6.07, 6.45) is 1.69. The van der Waals surface area contributed by atoms with Gasteiger partial charge in [0.2, 0.25) is 0 Å². The molecule has 1 aromatic carbocycles. The van der Waals surface area contributed by atoms with Gasteiger partial charge in [0.25, 0.3) is 0 Å². The summed E-state index contributed by atoms with van der Waals surface area (Å²) in [6, 6.07) is 9.12. The number of nitrogens with two attached hydrogens (primary N) is 1. The molecule has 0 atom stereocenters. The van der Waals surface area contributed by atoms with Gasteiger partial charge in [-0.25, -0.2) is 4.79 Å². The lowest BCUT2D eigenvalue weighted by Gasteiger charge is -2.03. The Morgan fingerprint density at radius 2 is 2.11 bits per heavy atom. The first-order valence-electron chi connectivity index (χ1n) is 5.54. The van der Waals surface area contributed by atoms with E-state index < -0.39 is 5.97 Å². The Bertz CT molecular complexity index is 687. The third kappa shape index (κ3) is 2.57. The van der Waals surface area contributed by atoms with E-state index in [0.717, 1.165) is 10.9 Å². The molecule has 0 aliphatic heterocycles. The Kier molecular flexibility index (Phi) is 3.51. The number of aromatic nitrogens is 1. The largest absolute Gasteiger partial charge is 0.476 e. The number of pyridine rings is 1. The molecule has 0 unspecified atom stereocenters. The van der Waals surface area contributed by atoms with Crippen LogP contribution in [0.2, 0.25) is 0 Å². The molecule has 19 heavy (non-hydrogen) atoms. The predicted octanol–water partition coefficient (Wildman–Crippen LogP) is 1.73. The average molecular weight is 256 g/mol. The molecule has 2 rings (SSSR count). The van der Waals surface area contributed by atoms with Crippen LogP contribution in [0.4, 0.5) is 5.69 Å². The van der Waals surface area contributed by atoms with Crippen molar-refractivity contribution in [3.63, 3.8) is 0 Å². The third-order valence-corrected chi connectivity index (χ3v) is 2.59. The molecule has 1 aromatic heterocycles. The Morgan fingerprint density at radius 1 is 1.32 bits per heavy atom. The number of aliphatic carboxylic acids is 1. The Hall–Kier alpha value is -2.76. The maximum atomic E-state index is 10.9. The van der Waals surface area contributed by atoms with Gasteiger partial charge in [-0.15, -0.1) is 0 Å². The molecule has 0 saturated heterocycles. The number of hydrazone groups is 1. The molecule has 6 nitrogen and oxygen atoms in total. The van der Waals surface area contributed by atoms with E-state index in [0.29, 0.717) is 5.69 Å². The second kappa shape index (κ2) is 5.26. The predicted molar refractivity (Wildman–Crippen MR) is 73.8 cm³/mol. The molecule has 2 aromatic rings. The highest BCUT2D eigenvalue weighted by Crippen LogP contribution is 2.24. The highest BCUT2D eigenvalue weighted by molar-refractivity contribution is 6.65. The van der Waals surface area contributed by atoms with Gasteiger partial charge in [0.1, 0.15) is 0 Å². The molecule has 0 fully saturated rings. The van der Waals surface area contributed by atoms with E-state index in [1.807, 2.05) is 18.2 Å². The number of hydrogen-bond acceptors (Lipinski definition) is 5. The summed E-state index contributed by atoms with van der Waals surface area (Å²) in [7, 11) is 0. The quantitative estimate of drug-likeness (QED) is 0.496. The number of carboxylic acids is 1. The minimum atomic E-state index is -1.21. The topological polar surface area (TPSA) is 101 Å². The zero-order valence-corrected chi connectivity index (χ0v) is 10.2. The van der Waals surface area contributed by atoms with Crippen molar-refractivity contribution in [2.45, 2.75) is 6.92 Å². The van der Waals surface area contributed by atoms with Crippen LogP contribution in [0.15, 0.2) is 46.6 Å². The molecule has 96 valence electrons. The smallest absolute Gasteiger partial charge is 0.358 e. The maximum absolute atomic E-state index is 10.9. The lowest BCUT2D eigenvalue weighted by molar-refractivity contribution is -0.129. The van der Waals surface area contributed by atoms with Gasteiger partial charge in [0.05, 0.1) is 16.9 Å². The zero-order valence-electron chi connectivity index (χ0n) is 10.2. The fraction of sp³-hybridized carbons (Fsp3) is 0.0769. The van der Waals surface area contributed by atoms with Crippen LogP contribution in [-0.4, -0.2) is 27.5 Å². The molecular weight excluding hydrogens is 244 g/mol. The van der Waals surface area contributed by atoms with Crippen LogP contribution in [-0.2, 0) is 4.79 Å². The van der Waals surface area contributed by atoms with E-state index in [2.05, 4.69) is 15.1 Å². The van der Waals surface area contributed by atoms with Gasteiger partial charge < -0.3 is 10.9 Å². The molecule has 0 saturated carbocycles. The van der Waals surface area contributed by atoms with Crippen molar-refractivity contribution in [3.05, 3.63) is 36.5 Å². The van der Waals surface area contributed by atoms with E-state index in [1.165, 1.54) is 0 Å². The average Bonchev–Trinajstić information content (AvgIpc) is 2.39. The number of fused-ring (bicyclic) bond motifs is 1. The second-order valence-corrected chi connectivity index (χ2v) is 3.83. The van der Waals surface area contributed by atoms with Crippen molar-refractivity contribution in [2.75, 3.05) is 0 Å². The van der Waals surface area contributed by atoms with Crippen LogP contribution < -0.4 is 5.84 Å². The summed E-state index contributed by atoms with van der Waals surface area (Å²) in [5.74, 6) is 3.85. The van der Waals surface area contributed by atoms with Crippen LogP contribution in [0.5, 0.6) is 0 Å². The normalized spacial score (nSPS) is 12.7. The highest BCUT2D eigenvalue weighted by Gasteiger charge is 2.13. The van der Waals surface area contributed by atoms with Gasteiger partial charge in [0, 0.05) is 11.6 Å². The number of carbonyl (C=O) groups is 1.